The van der Waals surface area contributed by atoms with Gasteiger partial charge in [0.2, 0.25) is 0 Å². The summed E-state index contributed by atoms with van der Waals surface area (Å²) in [6, 6.07) is 22.3. The van der Waals surface area contributed by atoms with Gasteiger partial charge in [-0.05, 0) is 54.1 Å². The maximum absolute atomic E-state index is 13.0. The van der Waals surface area contributed by atoms with Crippen molar-refractivity contribution < 1.29 is 19.4 Å². The molecule has 0 aliphatic carbocycles. The van der Waals surface area contributed by atoms with E-state index in [9.17, 15) is 14.7 Å². The van der Waals surface area contributed by atoms with E-state index in [4.69, 9.17) is 4.74 Å². The van der Waals surface area contributed by atoms with E-state index in [0.717, 1.165) is 10.0 Å². The molecule has 0 aromatic heterocycles. The molecule has 1 aliphatic heterocycles. The van der Waals surface area contributed by atoms with E-state index >= 15 is 0 Å². The lowest BCUT2D eigenvalue weighted by Crippen LogP contribution is -2.29. The highest BCUT2D eigenvalue weighted by Crippen LogP contribution is 2.42. The predicted octanol–water partition coefficient (Wildman–Crippen LogP) is 5.08. The zero-order chi connectivity index (χ0) is 21.3. The van der Waals surface area contributed by atoms with Crippen LogP contribution < -0.4 is 9.64 Å². The lowest BCUT2D eigenvalue weighted by molar-refractivity contribution is -0.132. The third-order valence-electron chi connectivity index (χ3n) is 5.03. The van der Waals surface area contributed by atoms with Crippen molar-refractivity contribution in [2.45, 2.75) is 6.04 Å². The maximum Gasteiger partial charge on any atom is 0.300 e. The molecule has 150 valence electrons. The summed E-state index contributed by atoms with van der Waals surface area (Å²) < 4.78 is 6.02. The second kappa shape index (κ2) is 8.16. The van der Waals surface area contributed by atoms with Crippen LogP contribution in [0.4, 0.5) is 5.69 Å². The zero-order valence-electron chi connectivity index (χ0n) is 16.1. The van der Waals surface area contributed by atoms with Gasteiger partial charge in [0.15, 0.2) is 0 Å². The normalized spacial score (nSPS) is 17.9. The minimum atomic E-state index is -0.741. The van der Waals surface area contributed by atoms with E-state index in [-0.39, 0.29) is 11.3 Å². The van der Waals surface area contributed by atoms with Crippen LogP contribution in [0.5, 0.6) is 5.75 Å². The molecule has 0 saturated carbocycles. The maximum atomic E-state index is 13.0. The number of aliphatic hydroxyl groups is 1. The Morgan fingerprint density at radius 1 is 0.933 bits per heavy atom. The number of rotatable bonds is 4. The lowest BCUT2D eigenvalue weighted by atomic mass is 9.95. The average molecular weight is 464 g/mol. The molecule has 0 spiro atoms. The van der Waals surface area contributed by atoms with Crippen molar-refractivity contribution in [3.8, 4) is 5.75 Å². The minimum absolute atomic E-state index is 0.0549. The van der Waals surface area contributed by atoms with Gasteiger partial charge in [0.25, 0.3) is 11.7 Å². The van der Waals surface area contributed by atoms with Gasteiger partial charge in [0.05, 0.1) is 18.7 Å². The van der Waals surface area contributed by atoms with Crippen LogP contribution in [-0.2, 0) is 9.59 Å². The van der Waals surface area contributed by atoms with Crippen molar-refractivity contribution in [2.75, 3.05) is 12.0 Å². The molecular weight excluding hydrogens is 446 g/mol. The Morgan fingerprint density at radius 3 is 2.17 bits per heavy atom. The van der Waals surface area contributed by atoms with E-state index in [0.29, 0.717) is 17.0 Å². The van der Waals surface area contributed by atoms with Gasteiger partial charge in [-0.15, -0.1) is 0 Å². The molecule has 1 saturated heterocycles. The Balaban J connectivity index is 1.90. The largest absolute Gasteiger partial charge is 0.507 e. The number of ketones is 1. The first-order valence-electron chi connectivity index (χ1n) is 9.27. The second-order valence-electron chi connectivity index (χ2n) is 6.78. The van der Waals surface area contributed by atoms with Crippen LogP contribution in [0, 0.1) is 0 Å². The first-order valence-corrected chi connectivity index (χ1v) is 10.1. The highest BCUT2D eigenvalue weighted by molar-refractivity contribution is 9.10. The highest BCUT2D eigenvalue weighted by atomic mass is 79.9. The van der Waals surface area contributed by atoms with Crippen LogP contribution >= 0.6 is 15.9 Å². The Hall–Kier alpha value is -3.38. The predicted molar refractivity (Wildman–Crippen MR) is 118 cm³/mol. The highest BCUT2D eigenvalue weighted by Gasteiger charge is 2.46. The van der Waals surface area contributed by atoms with Crippen molar-refractivity contribution in [3.05, 3.63) is 100 Å². The molecule has 5 nitrogen and oxygen atoms in total. The zero-order valence-corrected chi connectivity index (χ0v) is 17.7. The summed E-state index contributed by atoms with van der Waals surface area (Å²) in [7, 11) is 1.55. The van der Waals surface area contributed by atoms with Gasteiger partial charge < -0.3 is 9.84 Å². The number of amides is 1. The third kappa shape index (κ3) is 3.50. The standard InChI is InChI=1S/C24H18BrNO4/c1-30-19-13-7-16(8-14-19)22(27)20-21(15-5-3-2-4-6-15)26(24(29)23(20)28)18-11-9-17(25)10-12-18/h2-14,21,27H,1H3/b22-20-. The number of benzene rings is 3. The Morgan fingerprint density at radius 2 is 1.57 bits per heavy atom. The number of carbonyl (C=O) groups excluding carboxylic acids is 2. The van der Waals surface area contributed by atoms with Crippen molar-refractivity contribution >= 4 is 39.1 Å². The fourth-order valence-corrected chi connectivity index (χ4v) is 3.82. The molecule has 6 heteroatoms. The molecule has 1 aliphatic rings. The van der Waals surface area contributed by atoms with Gasteiger partial charge in [-0.2, -0.15) is 0 Å². The average Bonchev–Trinajstić information content (AvgIpc) is 3.05. The quantitative estimate of drug-likeness (QED) is 0.332. The molecule has 4 rings (SSSR count). The van der Waals surface area contributed by atoms with Gasteiger partial charge in [-0.25, -0.2) is 0 Å². The lowest BCUT2D eigenvalue weighted by Gasteiger charge is -2.25. The van der Waals surface area contributed by atoms with Gasteiger partial charge in [-0.1, -0.05) is 46.3 Å². The van der Waals surface area contributed by atoms with Crippen molar-refractivity contribution in [2.24, 2.45) is 0 Å². The van der Waals surface area contributed by atoms with Crippen LogP contribution in [0.2, 0.25) is 0 Å². The summed E-state index contributed by atoms with van der Waals surface area (Å²) in [6.07, 6.45) is 0. The van der Waals surface area contributed by atoms with Crippen LogP contribution in [0.3, 0.4) is 0 Å². The van der Waals surface area contributed by atoms with Crippen molar-refractivity contribution in [1.82, 2.24) is 0 Å². The number of hydrogen-bond donors (Lipinski definition) is 1. The molecular formula is C24H18BrNO4. The molecule has 3 aromatic carbocycles. The number of anilines is 1. The van der Waals surface area contributed by atoms with E-state index in [1.54, 1.807) is 55.6 Å². The molecule has 1 heterocycles. The first kappa shape index (κ1) is 19.9. The SMILES string of the molecule is COc1ccc(/C(O)=C2/C(=O)C(=O)N(c3ccc(Br)cc3)C2c2ccccc2)cc1. The minimum Gasteiger partial charge on any atom is -0.507 e. The number of ether oxygens (including phenoxy) is 1. The molecule has 3 aromatic rings. The van der Waals surface area contributed by atoms with Crippen LogP contribution in [0.1, 0.15) is 17.2 Å². The van der Waals surface area contributed by atoms with Gasteiger partial charge in [0.1, 0.15) is 11.5 Å². The molecule has 1 amide bonds. The Labute approximate surface area is 182 Å². The van der Waals surface area contributed by atoms with Crippen molar-refractivity contribution in [1.29, 1.82) is 0 Å². The van der Waals surface area contributed by atoms with E-state index < -0.39 is 17.7 Å². The number of Topliss-reactive ketones (excluding diaryl/α,β-unsaturated/α-hetero) is 1. The molecule has 1 fully saturated rings. The van der Waals surface area contributed by atoms with Crippen LogP contribution in [-0.4, -0.2) is 23.9 Å². The third-order valence-corrected chi connectivity index (χ3v) is 5.56. The number of nitrogens with zero attached hydrogens (tertiary/aromatic N) is 1. The summed E-state index contributed by atoms with van der Waals surface area (Å²) in [5, 5.41) is 11.0. The number of carbonyl (C=O) groups is 2. The molecule has 0 radical (unpaired) electrons. The summed E-state index contributed by atoms with van der Waals surface area (Å²) in [5.74, 6) is -0.993. The summed E-state index contributed by atoms with van der Waals surface area (Å²) in [6.45, 7) is 0. The molecule has 1 N–H and O–H groups in total. The summed E-state index contributed by atoms with van der Waals surface area (Å²) in [4.78, 5) is 27.5. The number of hydrogen-bond acceptors (Lipinski definition) is 4. The number of aliphatic hydroxyl groups excluding tert-OH is 1. The van der Waals surface area contributed by atoms with E-state index in [2.05, 4.69) is 15.9 Å². The molecule has 1 unspecified atom stereocenters. The number of methoxy groups -OCH3 is 1. The first-order chi connectivity index (χ1) is 14.5. The Kier molecular flexibility index (Phi) is 5.42. The summed E-state index contributed by atoms with van der Waals surface area (Å²) in [5.41, 5.74) is 1.79. The molecule has 30 heavy (non-hydrogen) atoms. The number of halogens is 1. The van der Waals surface area contributed by atoms with Crippen LogP contribution in [0.15, 0.2) is 88.9 Å². The van der Waals surface area contributed by atoms with Gasteiger partial charge in [-0.3, -0.25) is 14.5 Å². The van der Waals surface area contributed by atoms with E-state index in [1.165, 1.54) is 4.90 Å². The second-order valence-corrected chi connectivity index (χ2v) is 7.70. The fourth-order valence-electron chi connectivity index (χ4n) is 3.56. The summed E-state index contributed by atoms with van der Waals surface area (Å²) >= 11 is 3.39. The topological polar surface area (TPSA) is 66.8 Å². The molecule has 0 bridgehead atoms. The van der Waals surface area contributed by atoms with E-state index in [1.807, 2.05) is 30.3 Å². The van der Waals surface area contributed by atoms with Crippen molar-refractivity contribution in [3.63, 3.8) is 0 Å². The Bertz CT molecular complexity index is 1120. The van der Waals surface area contributed by atoms with Gasteiger partial charge in [0, 0.05) is 15.7 Å². The monoisotopic (exact) mass is 463 g/mol. The van der Waals surface area contributed by atoms with Crippen LogP contribution in [0.25, 0.3) is 5.76 Å². The van der Waals surface area contributed by atoms with Gasteiger partial charge >= 0.3 is 0 Å². The molecule has 1 atom stereocenters. The fraction of sp³-hybridized carbons (Fsp3) is 0.0833. The smallest absolute Gasteiger partial charge is 0.300 e.